The van der Waals surface area contributed by atoms with E-state index in [1.807, 2.05) is 30.3 Å². The number of carbonyl (C=O) groups excluding carboxylic acids is 3. The summed E-state index contributed by atoms with van der Waals surface area (Å²) < 4.78 is 19.0. The number of benzene rings is 2. The van der Waals surface area contributed by atoms with E-state index in [1.54, 1.807) is 29.2 Å². The molecule has 1 saturated heterocycles. The average Bonchev–Trinajstić information content (AvgIpc) is 3.45. The van der Waals surface area contributed by atoms with Gasteiger partial charge in [-0.2, -0.15) is 0 Å². The number of carbonyl (C=O) groups is 3. The van der Waals surface area contributed by atoms with Crippen LogP contribution in [0.5, 0.6) is 0 Å². The fourth-order valence-corrected chi connectivity index (χ4v) is 5.24. The number of halogens is 1. The number of esters is 1. The Kier molecular flexibility index (Phi) is 12.8. The highest BCUT2D eigenvalue weighted by molar-refractivity contribution is 5.86. The molecule has 4 atom stereocenters. The zero-order chi connectivity index (χ0) is 29.6. The van der Waals surface area contributed by atoms with Gasteiger partial charge in [-0.25, -0.2) is 4.39 Å². The van der Waals surface area contributed by atoms with Crippen LogP contribution in [0.1, 0.15) is 43.2 Å². The number of hydrogen-bond acceptors (Lipinski definition) is 5. The highest BCUT2D eigenvalue weighted by Gasteiger charge is 2.35. The number of likely N-dealkylation sites (tertiary alicyclic amines) is 1. The van der Waals surface area contributed by atoms with Crippen LogP contribution in [0.25, 0.3) is 0 Å². The molecule has 0 bridgehead atoms. The van der Waals surface area contributed by atoms with Gasteiger partial charge in [-0.05, 0) is 61.8 Å². The first-order valence-electron chi connectivity index (χ1n) is 14.2. The van der Waals surface area contributed by atoms with Gasteiger partial charge in [0.25, 0.3) is 0 Å². The second-order valence-electron chi connectivity index (χ2n) is 10.6. The second kappa shape index (κ2) is 16.5. The highest BCUT2D eigenvalue weighted by atomic mass is 19.1. The number of allylic oxidation sites excluding steroid dienone is 2. The molecule has 220 valence electrons. The molecule has 1 aliphatic heterocycles. The Labute approximate surface area is 242 Å². The molecule has 7 nitrogen and oxygen atoms in total. The van der Waals surface area contributed by atoms with Crippen molar-refractivity contribution >= 4 is 17.8 Å². The van der Waals surface area contributed by atoms with Crippen LogP contribution in [0, 0.1) is 17.7 Å². The number of aliphatic hydroxyl groups is 1. The minimum Gasteiger partial charge on any atom is -0.463 e. The topological polar surface area (TPSA) is 95.9 Å². The zero-order valence-corrected chi connectivity index (χ0v) is 23.6. The summed E-state index contributed by atoms with van der Waals surface area (Å²) in [5, 5.41) is 12.6. The molecule has 0 aliphatic carbocycles. The molecular formula is C33H41FN2O5. The monoisotopic (exact) mass is 564 g/mol. The quantitative estimate of drug-likeness (QED) is 0.233. The van der Waals surface area contributed by atoms with Crippen molar-refractivity contribution in [1.82, 2.24) is 10.2 Å². The minimum absolute atomic E-state index is 0.0295. The van der Waals surface area contributed by atoms with Crippen LogP contribution >= 0.6 is 0 Å². The molecule has 0 spiro atoms. The van der Waals surface area contributed by atoms with Crippen molar-refractivity contribution in [2.24, 2.45) is 11.8 Å². The maximum absolute atomic E-state index is 13.5. The molecule has 2 aromatic rings. The Balaban J connectivity index is 1.56. The molecular weight excluding hydrogens is 523 g/mol. The Morgan fingerprint density at radius 3 is 2.32 bits per heavy atom. The zero-order valence-electron chi connectivity index (χ0n) is 23.6. The molecule has 2 amide bonds. The third-order valence-electron chi connectivity index (χ3n) is 7.40. The van der Waals surface area contributed by atoms with Crippen LogP contribution < -0.4 is 5.32 Å². The van der Waals surface area contributed by atoms with Crippen molar-refractivity contribution < 1.29 is 28.6 Å². The maximum atomic E-state index is 13.5. The molecule has 1 heterocycles. The standard InChI is InChI=1S/C33H41FN2O5/c1-3-9-26(21-31(38)35-29(22-37)20-24-11-6-5-7-12-24)32(39)36-18-8-13-30(36)23-41-33(40)27(10-4-2)19-25-14-16-28(34)17-15-25/h3-7,11-12,14-17,26-27,29-30,37H,1-2,8-10,13,18-23H2,(H,35,38)/t26-,27-,29+,30-/m0/s1. The molecule has 0 aromatic heterocycles. The van der Waals surface area contributed by atoms with E-state index in [0.717, 1.165) is 17.5 Å². The molecule has 2 N–H and O–H groups in total. The second-order valence-corrected chi connectivity index (χ2v) is 10.6. The number of ether oxygens (including phenoxy) is 1. The number of nitrogens with zero attached hydrogens (tertiary/aromatic N) is 1. The highest BCUT2D eigenvalue weighted by Crippen LogP contribution is 2.24. The maximum Gasteiger partial charge on any atom is 0.309 e. The van der Waals surface area contributed by atoms with Crippen LogP contribution in [0.4, 0.5) is 4.39 Å². The Bertz CT molecular complexity index is 1150. The first kappa shape index (κ1) is 31.7. The normalized spacial score (nSPS) is 16.8. The summed E-state index contributed by atoms with van der Waals surface area (Å²) in [5.74, 6) is -2.27. The smallest absolute Gasteiger partial charge is 0.309 e. The first-order chi connectivity index (χ1) is 19.8. The van der Waals surface area contributed by atoms with Gasteiger partial charge in [-0.15, -0.1) is 13.2 Å². The van der Waals surface area contributed by atoms with Crippen LogP contribution in [-0.4, -0.2) is 59.6 Å². The van der Waals surface area contributed by atoms with Crippen molar-refractivity contribution in [3.05, 3.63) is 96.9 Å². The summed E-state index contributed by atoms with van der Waals surface area (Å²) in [6.45, 7) is 7.88. The Hall–Kier alpha value is -3.78. The van der Waals surface area contributed by atoms with E-state index in [-0.39, 0.29) is 49.3 Å². The van der Waals surface area contributed by atoms with E-state index in [4.69, 9.17) is 4.74 Å². The lowest BCUT2D eigenvalue weighted by Crippen LogP contribution is -2.45. The van der Waals surface area contributed by atoms with Crippen LogP contribution in [0.3, 0.4) is 0 Å². The Morgan fingerprint density at radius 2 is 1.66 bits per heavy atom. The predicted molar refractivity (Wildman–Crippen MR) is 156 cm³/mol. The average molecular weight is 565 g/mol. The van der Waals surface area contributed by atoms with Gasteiger partial charge < -0.3 is 20.1 Å². The van der Waals surface area contributed by atoms with E-state index in [2.05, 4.69) is 18.5 Å². The van der Waals surface area contributed by atoms with Crippen LogP contribution in [0.2, 0.25) is 0 Å². The van der Waals surface area contributed by atoms with E-state index in [1.165, 1.54) is 12.1 Å². The molecule has 1 fully saturated rings. The number of aliphatic hydroxyl groups excluding tert-OH is 1. The van der Waals surface area contributed by atoms with Gasteiger partial charge in [0, 0.05) is 13.0 Å². The third kappa shape index (κ3) is 9.97. The van der Waals surface area contributed by atoms with Gasteiger partial charge in [0.15, 0.2) is 0 Å². The lowest BCUT2D eigenvalue weighted by Gasteiger charge is -2.29. The largest absolute Gasteiger partial charge is 0.463 e. The summed E-state index contributed by atoms with van der Waals surface area (Å²) in [5.41, 5.74) is 1.82. The number of nitrogens with one attached hydrogen (secondary N) is 1. The number of amides is 2. The fraction of sp³-hybridized carbons (Fsp3) is 0.424. The SMILES string of the molecule is C=CC[C@@H](Cc1ccc(F)cc1)C(=O)OC[C@@H]1CCCN1C(=O)[C@@H](CC=C)CC(=O)N[C@@H](CO)Cc1ccccc1. The summed E-state index contributed by atoms with van der Waals surface area (Å²) in [6, 6.07) is 14.9. The van der Waals surface area contributed by atoms with Gasteiger partial charge in [0.1, 0.15) is 12.4 Å². The summed E-state index contributed by atoms with van der Waals surface area (Å²) >= 11 is 0. The fourth-order valence-electron chi connectivity index (χ4n) is 5.24. The number of rotatable bonds is 16. The predicted octanol–water partition coefficient (Wildman–Crippen LogP) is 4.40. The Morgan fingerprint density at radius 1 is 1.00 bits per heavy atom. The molecule has 1 aliphatic rings. The van der Waals surface area contributed by atoms with Gasteiger partial charge in [0.05, 0.1) is 30.5 Å². The lowest BCUT2D eigenvalue weighted by molar-refractivity contribution is -0.152. The first-order valence-corrected chi connectivity index (χ1v) is 14.2. The molecule has 0 radical (unpaired) electrons. The van der Waals surface area contributed by atoms with Crippen molar-refractivity contribution in [3.63, 3.8) is 0 Å². The van der Waals surface area contributed by atoms with Crippen molar-refractivity contribution in [3.8, 4) is 0 Å². The lowest BCUT2D eigenvalue weighted by atomic mass is 9.96. The molecule has 0 saturated carbocycles. The van der Waals surface area contributed by atoms with Gasteiger partial charge in [-0.3, -0.25) is 14.4 Å². The van der Waals surface area contributed by atoms with Gasteiger partial charge in [-0.1, -0.05) is 54.6 Å². The van der Waals surface area contributed by atoms with E-state index < -0.39 is 17.9 Å². The van der Waals surface area contributed by atoms with Crippen molar-refractivity contribution in [2.45, 2.75) is 57.0 Å². The molecule has 3 rings (SSSR count). The molecule has 8 heteroatoms. The van der Waals surface area contributed by atoms with Gasteiger partial charge >= 0.3 is 5.97 Å². The number of hydrogen-bond donors (Lipinski definition) is 2. The molecule has 0 unspecified atom stereocenters. The van der Waals surface area contributed by atoms with Crippen LogP contribution in [-0.2, 0) is 32.0 Å². The molecule has 2 aromatic carbocycles. The summed E-state index contributed by atoms with van der Waals surface area (Å²) in [6.07, 6.45) is 6.35. The van der Waals surface area contributed by atoms with Crippen molar-refractivity contribution in [1.29, 1.82) is 0 Å². The minimum atomic E-state index is -0.605. The van der Waals surface area contributed by atoms with E-state index in [9.17, 15) is 23.9 Å². The summed E-state index contributed by atoms with van der Waals surface area (Å²) in [4.78, 5) is 41.1. The van der Waals surface area contributed by atoms with E-state index >= 15 is 0 Å². The van der Waals surface area contributed by atoms with Crippen LogP contribution in [0.15, 0.2) is 79.9 Å². The van der Waals surface area contributed by atoms with E-state index in [0.29, 0.717) is 38.6 Å². The summed E-state index contributed by atoms with van der Waals surface area (Å²) in [7, 11) is 0. The molecule has 41 heavy (non-hydrogen) atoms. The van der Waals surface area contributed by atoms with Crippen molar-refractivity contribution in [2.75, 3.05) is 19.8 Å². The third-order valence-corrected chi connectivity index (χ3v) is 7.40. The van der Waals surface area contributed by atoms with Gasteiger partial charge in [0.2, 0.25) is 11.8 Å².